The Labute approximate surface area is 129 Å². The summed E-state index contributed by atoms with van der Waals surface area (Å²) in [5.41, 5.74) is 3.32. The van der Waals surface area contributed by atoms with Gasteiger partial charge in [-0.3, -0.25) is 0 Å². The number of fused-ring (bicyclic) bond motifs is 2. The zero-order valence-corrected chi connectivity index (χ0v) is 11.9. The zero-order chi connectivity index (χ0) is 15.0. The normalized spacial score (nSPS) is 20.8. The minimum atomic E-state index is -1.28. The number of aliphatic hydroxyl groups is 1. The molecule has 0 radical (unpaired) electrons. The van der Waals surface area contributed by atoms with Gasteiger partial charge in [-0.05, 0) is 18.1 Å². The van der Waals surface area contributed by atoms with E-state index in [9.17, 15) is 5.11 Å². The Hall–Kier alpha value is -2.91. The third-order valence-electron chi connectivity index (χ3n) is 4.02. The first-order chi connectivity index (χ1) is 10.8. The summed E-state index contributed by atoms with van der Waals surface area (Å²) >= 11 is 0. The maximum Gasteiger partial charge on any atom is 0.225 e. The van der Waals surface area contributed by atoms with Crippen LogP contribution in [0.5, 0.6) is 0 Å². The fourth-order valence-electron chi connectivity index (χ4n) is 2.96. The van der Waals surface area contributed by atoms with Crippen LogP contribution in [-0.2, 0) is 5.60 Å². The monoisotopic (exact) mass is 281 g/mol. The first-order valence-electron chi connectivity index (χ1n) is 7.20. The van der Waals surface area contributed by atoms with Crippen LogP contribution < -0.4 is 0 Å². The van der Waals surface area contributed by atoms with E-state index in [1.165, 1.54) is 0 Å². The van der Waals surface area contributed by atoms with Gasteiger partial charge in [0.1, 0.15) is 23.3 Å². The third kappa shape index (κ3) is 1.84. The van der Waals surface area contributed by atoms with Crippen LogP contribution in [0.25, 0.3) is 5.57 Å². The van der Waals surface area contributed by atoms with Crippen molar-refractivity contribution in [2.45, 2.75) is 5.60 Å². The summed E-state index contributed by atoms with van der Waals surface area (Å²) in [6, 6.07) is 17.6. The predicted molar refractivity (Wildman–Crippen MR) is 87.5 cm³/mol. The van der Waals surface area contributed by atoms with E-state index in [4.69, 9.17) is 0 Å². The molecular weight excluding hydrogens is 268 g/mol. The molecule has 0 aromatic heterocycles. The minimum absolute atomic E-state index is 0.805. The Morgan fingerprint density at radius 3 is 2.59 bits per heavy atom. The summed E-state index contributed by atoms with van der Waals surface area (Å²) in [4.78, 5) is 0. The molecule has 2 aromatic carbocycles. The molecule has 0 aliphatic heterocycles. The van der Waals surface area contributed by atoms with E-state index in [1.807, 2.05) is 72.8 Å². The molecule has 0 saturated carbocycles. The maximum absolute atomic E-state index is 11.3. The zero-order valence-electron chi connectivity index (χ0n) is 11.9. The van der Waals surface area contributed by atoms with Crippen LogP contribution in [0.3, 0.4) is 0 Å². The SMILES string of the molecule is OC1(C#Cc2ccccc2)C2=C(C=C[C+]=C2)c2ccccc21. The Morgan fingerprint density at radius 1 is 0.955 bits per heavy atom. The van der Waals surface area contributed by atoms with Crippen LogP contribution in [0.4, 0.5) is 0 Å². The summed E-state index contributed by atoms with van der Waals surface area (Å²) < 4.78 is 0. The van der Waals surface area contributed by atoms with Crippen molar-refractivity contribution in [2.24, 2.45) is 0 Å². The second-order valence-electron chi connectivity index (χ2n) is 5.34. The number of hydrogen-bond acceptors (Lipinski definition) is 1. The van der Waals surface area contributed by atoms with Crippen LogP contribution in [-0.4, -0.2) is 5.11 Å². The maximum atomic E-state index is 11.3. The van der Waals surface area contributed by atoms with Gasteiger partial charge in [0.25, 0.3) is 0 Å². The van der Waals surface area contributed by atoms with E-state index in [-0.39, 0.29) is 0 Å². The van der Waals surface area contributed by atoms with Crippen molar-refractivity contribution in [3.05, 3.63) is 101 Å². The van der Waals surface area contributed by atoms with Crippen molar-refractivity contribution < 1.29 is 5.11 Å². The van der Waals surface area contributed by atoms with Crippen LogP contribution in [0.1, 0.15) is 16.7 Å². The number of hydrogen-bond donors (Lipinski definition) is 1. The molecule has 1 heteroatoms. The minimum Gasteiger partial charge on any atom is -0.359 e. The molecule has 2 aliphatic rings. The van der Waals surface area contributed by atoms with Crippen LogP contribution in [0.2, 0.25) is 0 Å². The molecule has 0 bridgehead atoms. The molecule has 4 rings (SSSR count). The van der Waals surface area contributed by atoms with E-state index in [0.29, 0.717) is 0 Å². The molecule has 102 valence electrons. The fourth-order valence-corrected chi connectivity index (χ4v) is 2.96. The molecular formula is C21H13O+. The molecule has 1 unspecified atom stereocenters. The number of rotatable bonds is 0. The van der Waals surface area contributed by atoms with Gasteiger partial charge >= 0.3 is 0 Å². The average Bonchev–Trinajstić information content (AvgIpc) is 2.85. The Balaban J connectivity index is 1.90. The van der Waals surface area contributed by atoms with Gasteiger partial charge in [-0.15, -0.1) is 0 Å². The number of allylic oxidation sites excluding steroid dienone is 4. The van der Waals surface area contributed by atoms with E-state index in [1.54, 1.807) is 0 Å². The van der Waals surface area contributed by atoms with E-state index < -0.39 is 5.60 Å². The highest BCUT2D eigenvalue weighted by molar-refractivity contribution is 5.89. The van der Waals surface area contributed by atoms with Gasteiger partial charge in [0, 0.05) is 22.8 Å². The average molecular weight is 281 g/mol. The quantitative estimate of drug-likeness (QED) is 0.577. The Morgan fingerprint density at radius 2 is 1.73 bits per heavy atom. The second-order valence-corrected chi connectivity index (χ2v) is 5.34. The van der Waals surface area contributed by atoms with Gasteiger partial charge in [-0.25, -0.2) is 0 Å². The fraction of sp³-hybridized carbons (Fsp3) is 0.0476. The first kappa shape index (κ1) is 12.8. The van der Waals surface area contributed by atoms with E-state index in [2.05, 4.69) is 17.9 Å². The van der Waals surface area contributed by atoms with Crippen LogP contribution >= 0.6 is 0 Å². The second kappa shape index (κ2) is 4.83. The predicted octanol–water partition coefficient (Wildman–Crippen LogP) is 3.62. The lowest BCUT2D eigenvalue weighted by Gasteiger charge is -2.16. The third-order valence-corrected chi connectivity index (χ3v) is 4.02. The summed E-state index contributed by atoms with van der Waals surface area (Å²) in [5, 5.41) is 11.3. The topological polar surface area (TPSA) is 20.2 Å². The summed E-state index contributed by atoms with van der Waals surface area (Å²) in [5.74, 6) is 6.17. The van der Waals surface area contributed by atoms with E-state index in [0.717, 1.165) is 27.8 Å². The summed E-state index contributed by atoms with van der Waals surface area (Å²) in [7, 11) is 0. The van der Waals surface area contributed by atoms with E-state index >= 15 is 0 Å². The lowest BCUT2D eigenvalue weighted by molar-refractivity contribution is 0.148. The number of benzene rings is 2. The van der Waals surface area contributed by atoms with Gasteiger partial charge < -0.3 is 5.11 Å². The van der Waals surface area contributed by atoms with Gasteiger partial charge in [-0.2, -0.15) is 0 Å². The van der Waals surface area contributed by atoms with Crippen molar-refractivity contribution in [1.29, 1.82) is 0 Å². The molecule has 0 heterocycles. The molecule has 2 aliphatic carbocycles. The molecule has 1 atom stereocenters. The molecule has 0 saturated heterocycles. The molecule has 1 N–H and O–H groups in total. The van der Waals surface area contributed by atoms with Crippen molar-refractivity contribution in [1.82, 2.24) is 0 Å². The Bertz CT molecular complexity index is 888. The van der Waals surface area contributed by atoms with Gasteiger partial charge in [-0.1, -0.05) is 48.4 Å². The first-order valence-corrected chi connectivity index (χ1v) is 7.20. The van der Waals surface area contributed by atoms with Crippen molar-refractivity contribution >= 4 is 5.57 Å². The lowest BCUT2D eigenvalue weighted by Crippen LogP contribution is -2.23. The van der Waals surface area contributed by atoms with Crippen molar-refractivity contribution in [3.8, 4) is 11.8 Å². The molecule has 0 amide bonds. The summed E-state index contributed by atoms with van der Waals surface area (Å²) in [6.07, 6.45) is 8.73. The highest BCUT2D eigenvalue weighted by atomic mass is 16.3. The van der Waals surface area contributed by atoms with Gasteiger partial charge in [0.05, 0.1) is 6.08 Å². The smallest absolute Gasteiger partial charge is 0.225 e. The molecule has 0 spiro atoms. The molecule has 1 nitrogen and oxygen atoms in total. The van der Waals surface area contributed by atoms with Gasteiger partial charge in [0.15, 0.2) is 0 Å². The summed E-state index contributed by atoms with van der Waals surface area (Å²) in [6.45, 7) is 0. The van der Waals surface area contributed by atoms with Crippen LogP contribution in [0.15, 0.2) is 78.4 Å². The molecule has 22 heavy (non-hydrogen) atoms. The molecule has 0 fully saturated rings. The van der Waals surface area contributed by atoms with Crippen LogP contribution in [0, 0.1) is 17.9 Å². The van der Waals surface area contributed by atoms with Gasteiger partial charge in [0.2, 0.25) is 5.60 Å². The highest BCUT2D eigenvalue weighted by Crippen LogP contribution is 2.46. The standard InChI is InChI=1S/C21H13O/c22-21(15-14-16-8-2-1-3-9-16)19-12-6-4-10-17(19)18-11-5-7-13-20(18)21/h1-6,8-13,22H/q+1. The lowest BCUT2D eigenvalue weighted by atomic mass is 9.89. The largest absolute Gasteiger partial charge is 0.359 e. The van der Waals surface area contributed by atoms with Crippen molar-refractivity contribution in [2.75, 3.05) is 0 Å². The highest BCUT2D eigenvalue weighted by Gasteiger charge is 2.46. The molecule has 2 aromatic rings. The Kier molecular flexibility index (Phi) is 2.81. The van der Waals surface area contributed by atoms with Crippen molar-refractivity contribution in [3.63, 3.8) is 0 Å².